The maximum atomic E-state index is 11.1. The van der Waals surface area contributed by atoms with Crippen LogP contribution in [0.1, 0.15) is 17.3 Å². The van der Waals surface area contributed by atoms with E-state index >= 15 is 0 Å². The molecule has 13 heavy (non-hydrogen) atoms. The van der Waals surface area contributed by atoms with Crippen molar-refractivity contribution < 1.29 is 4.79 Å². The van der Waals surface area contributed by atoms with Crippen LogP contribution in [0.3, 0.4) is 0 Å². The second-order valence-corrected chi connectivity index (χ2v) is 5.15. The Hall–Kier alpha value is 0.390. The number of alkyl halides is 1. The molecule has 1 atom stereocenters. The monoisotopic (exact) mass is 372 g/mol. The molecule has 0 spiro atoms. The number of halogens is 3. The molecule has 1 aromatic carbocycles. The fourth-order valence-corrected chi connectivity index (χ4v) is 2.94. The summed E-state index contributed by atoms with van der Waals surface area (Å²) in [6.07, 6.45) is 0. The third kappa shape index (κ3) is 2.92. The Bertz CT molecular complexity index is 340. The van der Waals surface area contributed by atoms with Crippen LogP contribution in [0.2, 0.25) is 5.02 Å². The van der Waals surface area contributed by atoms with Crippen molar-refractivity contribution in [1.82, 2.24) is 0 Å². The van der Waals surface area contributed by atoms with E-state index in [1.165, 1.54) is 0 Å². The van der Waals surface area contributed by atoms with Gasteiger partial charge in [0, 0.05) is 8.59 Å². The number of rotatable bonds is 2. The summed E-state index contributed by atoms with van der Waals surface area (Å²) >= 11 is 11.3. The zero-order valence-corrected chi connectivity index (χ0v) is 11.4. The number of hydrogen-bond acceptors (Lipinski definition) is 1. The van der Waals surface area contributed by atoms with Crippen molar-refractivity contribution in [2.24, 2.45) is 0 Å². The van der Waals surface area contributed by atoms with Gasteiger partial charge in [0.1, 0.15) is 5.78 Å². The molecule has 70 valence electrons. The van der Waals surface area contributed by atoms with E-state index in [0.29, 0.717) is 5.02 Å². The predicted octanol–water partition coefficient (Wildman–Crippen LogP) is 3.97. The Kier molecular flexibility index (Phi) is 4.19. The van der Waals surface area contributed by atoms with Crippen LogP contribution in [-0.2, 0) is 4.79 Å². The molecule has 1 rings (SSSR count). The largest absolute Gasteiger partial charge is 0.298 e. The average Bonchev–Trinajstić information content (AvgIpc) is 2.03. The number of carbonyl (C=O) groups is 1. The van der Waals surface area contributed by atoms with E-state index in [1.54, 1.807) is 13.0 Å². The zero-order valence-electron chi connectivity index (χ0n) is 6.85. The number of benzene rings is 1. The van der Waals surface area contributed by atoms with Crippen molar-refractivity contribution in [3.63, 3.8) is 0 Å². The lowest BCUT2D eigenvalue weighted by molar-refractivity contribution is -0.116. The van der Waals surface area contributed by atoms with Gasteiger partial charge in [0.15, 0.2) is 0 Å². The Morgan fingerprint density at radius 3 is 2.69 bits per heavy atom. The summed E-state index contributed by atoms with van der Waals surface area (Å²) in [7, 11) is 0. The van der Waals surface area contributed by atoms with Crippen molar-refractivity contribution in [2.75, 3.05) is 0 Å². The minimum atomic E-state index is -0.225. The van der Waals surface area contributed by atoms with Gasteiger partial charge in [0.25, 0.3) is 0 Å². The first kappa shape index (κ1) is 11.5. The van der Waals surface area contributed by atoms with Crippen LogP contribution < -0.4 is 0 Å². The highest BCUT2D eigenvalue weighted by molar-refractivity contribution is 14.1. The number of ketones is 1. The third-order valence-corrected chi connectivity index (χ3v) is 3.90. The summed E-state index contributed by atoms with van der Waals surface area (Å²) in [6.45, 7) is 1.56. The molecule has 0 aliphatic heterocycles. The van der Waals surface area contributed by atoms with Crippen molar-refractivity contribution >= 4 is 55.9 Å². The van der Waals surface area contributed by atoms with Gasteiger partial charge in [-0.2, -0.15) is 0 Å². The smallest absolute Gasteiger partial charge is 0.147 e. The lowest BCUT2D eigenvalue weighted by Crippen LogP contribution is -2.02. The fraction of sp³-hybridized carbons (Fsp3) is 0.222. The van der Waals surface area contributed by atoms with Crippen LogP contribution in [0.15, 0.2) is 18.2 Å². The van der Waals surface area contributed by atoms with Crippen LogP contribution in [0, 0.1) is 3.57 Å². The Balaban J connectivity index is 3.08. The van der Waals surface area contributed by atoms with E-state index in [2.05, 4.69) is 38.5 Å². The van der Waals surface area contributed by atoms with Gasteiger partial charge < -0.3 is 0 Å². The first-order valence-electron chi connectivity index (χ1n) is 3.62. The minimum absolute atomic E-state index is 0.0974. The molecule has 0 N–H and O–H groups in total. The quantitative estimate of drug-likeness (QED) is 0.566. The molecule has 0 radical (unpaired) electrons. The van der Waals surface area contributed by atoms with Gasteiger partial charge in [-0.05, 0) is 47.2 Å². The van der Waals surface area contributed by atoms with Gasteiger partial charge in [-0.15, -0.1) is 0 Å². The summed E-state index contributed by atoms with van der Waals surface area (Å²) < 4.78 is 1.00. The molecule has 0 aliphatic rings. The highest BCUT2D eigenvalue weighted by Gasteiger charge is 2.15. The summed E-state index contributed by atoms with van der Waals surface area (Å²) in [5, 5.41) is 0.691. The van der Waals surface area contributed by atoms with E-state index < -0.39 is 0 Å². The third-order valence-electron chi connectivity index (χ3n) is 1.59. The summed E-state index contributed by atoms with van der Waals surface area (Å²) in [5.41, 5.74) is 0.970. The van der Waals surface area contributed by atoms with E-state index in [4.69, 9.17) is 11.6 Å². The van der Waals surface area contributed by atoms with E-state index in [-0.39, 0.29) is 10.6 Å². The Morgan fingerprint density at radius 1 is 1.62 bits per heavy atom. The standard InChI is InChI=1S/C9H7BrClIO/c1-5(13)9(10)7-3-2-6(11)4-8(7)12/h2-4,9H,1H3. The molecule has 1 nitrogen and oxygen atoms in total. The van der Waals surface area contributed by atoms with Gasteiger partial charge in [-0.25, -0.2) is 0 Å². The van der Waals surface area contributed by atoms with Crippen LogP contribution in [0.5, 0.6) is 0 Å². The molecule has 0 bridgehead atoms. The molecule has 0 amide bonds. The highest BCUT2D eigenvalue weighted by atomic mass is 127. The normalized spacial score (nSPS) is 12.6. The van der Waals surface area contributed by atoms with Crippen LogP contribution >= 0.6 is 50.1 Å². The molecule has 0 fully saturated rings. The lowest BCUT2D eigenvalue weighted by Gasteiger charge is -2.08. The second-order valence-electron chi connectivity index (χ2n) is 2.64. The fourth-order valence-electron chi connectivity index (χ4n) is 0.926. The second kappa shape index (κ2) is 4.75. The zero-order chi connectivity index (χ0) is 10.0. The predicted molar refractivity (Wildman–Crippen MR) is 66.5 cm³/mol. The number of carbonyl (C=O) groups excluding carboxylic acids is 1. The molecule has 1 aromatic rings. The van der Waals surface area contributed by atoms with Crippen molar-refractivity contribution in [2.45, 2.75) is 11.8 Å². The summed E-state index contributed by atoms with van der Waals surface area (Å²) in [6, 6.07) is 5.50. The van der Waals surface area contributed by atoms with E-state index in [9.17, 15) is 4.79 Å². The molecule has 0 aromatic heterocycles. The Morgan fingerprint density at radius 2 is 2.23 bits per heavy atom. The molecule has 0 saturated heterocycles. The van der Waals surface area contributed by atoms with Crippen LogP contribution in [0.4, 0.5) is 0 Å². The molecule has 0 saturated carbocycles. The Labute approximate surface area is 104 Å². The molecular formula is C9H7BrClIO. The van der Waals surface area contributed by atoms with E-state index in [1.807, 2.05) is 12.1 Å². The van der Waals surface area contributed by atoms with Crippen LogP contribution in [0.25, 0.3) is 0 Å². The van der Waals surface area contributed by atoms with Crippen molar-refractivity contribution in [3.05, 3.63) is 32.4 Å². The molecule has 0 heterocycles. The first-order valence-corrected chi connectivity index (χ1v) is 5.99. The summed E-state index contributed by atoms with van der Waals surface area (Å²) in [4.78, 5) is 10.9. The minimum Gasteiger partial charge on any atom is -0.298 e. The van der Waals surface area contributed by atoms with Crippen molar-refractivity contribution in [1.29, 1.82) is 0 Å². The van der Waals surface area contributed by atoms with Gasteiger partial charge in [0.05, 0.1) is 4.83 Å². The van der Waals surface area contributed by atoms with E-state index in [0.717, 1.165) is 9.13 Å². The van der Waals surface area contributed by atoms with Gasteiger partial charge in [-0.3, -0.25) is 4.79 Å². The van der Waals surface area contributed by atoms with Gasteiger partial charge in [0.2, 0.25) is 0 Å². The van der Waals surface area contributed by atoms with Crippen molar-refractivity contribution in [3.8, 4) is 0 Å². The van der Waals surface area contributed by atoms with Gasteiger partial charge in [-0.1, -0.05) is 33.6 Å². The summed E-state index contributed by atoms with van der Waals surface area (Å²) in [5.74, 6) is 0.0974. The number of Topliss-reactive ketones (excluding diaryl/α,β-unsaturated/α-hetero) is 1. The molecule has 0 aliphatic carbocycles. The van der Waals surface area contributed by atoms with Gasteiger partial charge >= 0.3 is 0 Å². The maximum absolute atomic E-state index is 11.1. The first-order chi connectivity index (χ1) is 6.02. The highest BCUT2D eigenvalue weighted by Crippen LogP contribution is 2.29. The maximum Gasteiger partial charge on any atom is 0.147 e. The average molecular weight is 373 g/mol. The topological polar surface area (TPSA) is 17.1 Å². The van der Waals surface area contributed by atoms with Crippen LogP contribution in [-0.4, -0.2) is 5.78 Å². The SMILES string of the molecule is CC(=O)C(Br)c1ccc(Cl)cc1I. The number of hydrogen-bond donors (Lipinski definition) is 0. The molecule has 1 unspecified atom stereocenters. The lowest BCUT2D eigenvalue weighted by atomic mass is 10.1. The molecular weight excluding hydrogens is 366 g/mol. The molecule has 4 heteroatoms.